The number of aromatic amines is 1. The highest BCUT2D eigenvalue weighted by Gasteiger charge is 2.44. The molecule has 0 radical (unpaired) electrons. The average Bonchev–Trinajstić information content (AvgIpc) is 3.48. The summed E-state index contributed by atoms with van der Waals surface area (Å²) < 4.78 is 29.4. The van der Waals surface area contributed by atoms with Crippen LogP contribution in [0, 0.1) is 24.0 Å². The van der Waals surface area contributed by atoms with Gasteiger partial charge in [-0.15, -0.1) is 0 Å². The van der Waals surface area contributed by atoms with Crippen molar-refractivity contribution < 1.29 is 27.7 Å². The molecule has 3 N–H and O–H groups in total. The molecule has 1 heterocycles. The Kier molecular flexibility index (Phi) is 9.94. The normalized spacial score (nSPS) is 12.6. The molecule has 5 rings (SSSR count). The quantitative estimate of drug-likeness (QED) is 0.142. The van der Waals surface area contributed by atoms with Gasteiger partial charge in [0, 0.05) is 54.7 Å². The number of non-ortho nitro benzene ring substituents is 1. The van der Waals surface area contributed by atoms with Crippen molar-refractivity contribution in [1.82, 2.24) is 14.2 Å². The number of nitrogens with two attached hydrogens (primary N) is 1. The average molecular weight is 682 g/mol. The summed E-state index contributed by atoms with van der Waals surface area (Å²) in [6.45, 7) is 3.64. The number of benzene rings is 4. The van der Waals surface area contributed by atoms with Gasteiger partial charge < -0.3 is 15.6 Å². The summed E-state index contributed by atoms with van der Waals surface area (Å²) in [5.41, 5.74) is 9.29. The van der Waals surface area contributed by atoms with Gasteiger partial charge in [-0.3, -0.25) is 24.5 Å². The lowest BCUT2D eigenvalue weighted by Gasteiger charge is -2.35. The van der Waals surface area contributed by atoms with Crippen LogP contribution in [0.4, 0.5) is 5.69 Å². The molecular formula is C36H35N5O7S. The predicted molar refractivity (Wildman–Crippen MR) is 184 cm³/mol. The monoisotopic (exact) mass is 681 g/mol. The second-order valence-corrected chi connectivity index (χ2v) is 13.7. The first kappa shape index (κ1) is 34.5. The number of rotatable bonds is 12. The number of primary amides is 1. The van der Waals surface area contributed by atoms with E-state index in [0.717, 1.165) is 21.5 Å². The zero-order chi connectivity index (χ0) is 35.5. The number of nitrogens with one attached hydrogen (secondary N) is 1. The van der Waals surface area contributed by atoms with Crippen molar-refractivity contribution in [3.8, 4) is 0 Å². The van der Waals surface area contributed by atoms with Crippen molar-refractivity contribution >= 4 is 44.3 Å². The Morgan fingerprint density at radius 3 is 2.08 bits per heavy atom. The van der Waals surface area contributed by atoms with Gasteiger partial charge in [0.15, 0.2) is 0 Å². The summed E-state index contributed by atoms with van der Waals surface area (Å²) in [7, 11) is -3.37. The van der Waals surface area contributed by atoms with E-state index in [0.29, 0.717) is 20.8 Å². The van der Waals surface area contributed by atoms with Gasteiger partial charge in [-0.1, -0.05) is 65.7 Å². The molecular weight excluding hydrogens is 646 g/mol. The Balaban J connectivity index is 1.66. The number of carbonyl (C=O) groups is 3. The number of likely N-dealkylation sites (N-methyl/N-ethyl adjacent to an activating group) is 1. The number of sulfonamides is 1. The molecule has 49 heavy (non-hydrogen) atoms. The molecule has 2 atom stereocenters. The van der Waals surface area contributed by atoms with E-state index >= 15 is 0 Å². The van der Waals surface area contributed by atoms with Gasteiger partial charge in [0.2, 0.25) is 5.91 Å². The van der Waals surface area contributed by atoms with Crippen LogP contribution in [0.2, 0.25) is 0 Å². The number of aromatic nitrogens is 1. The van der Waals surface area contributed by atoms with Gasteiger partial charge >= 0.3 is 0 Å². The van der Waals surface area contributed by atoms with Gasteiger partial charge in [0.05, 0.1) is 9.82 Å². The molecule has 4 aromatic carbocycles. The number of nitrogens with zero attached hydrogens (tertiary/aromatic N) is 3. The van der Waals surface area contributed by atoms with Crippen LogP contribution in [0.15, 0.2) is 108 Å². The number of para-hydroxylation sites is 1. The van der Waals surface area contributed by atoms with Crippen LogP contribution in [0.5, 0.6) is 0 Å². The van der Waals surface area contributed by atoms with E-state index in [9.17, 15) is 32.9 Å². The number of hydrogen-bond donors (Lipinski definition) is 2. The Morgan fingerprint density at radius 2 is 1.47 bits per heavy atom. The lowest BCUT2D eigenvalue weighted by Crippen LogP contribution is -2.58. The van der Waals surface area contributed by atoms with Crippen molar-refractivity contribution in [1.29, 1.82) is 0 Å². The van der Waals surface area contributed by atoms with Crippen molar-refractivity contribution in [2.24, 2.45) is 5.73 Å². The number of carbonyl (C=O) groups excluding carboxylic acids is 3. The second kappa shape index (κ2) is 14.1. The highest BCUT2D eigenvalue weighted by molar-refractivity contribution is 7.89. The van der Waals surface area contributed by atoms with Crippen LogP contribution in [-0.2, 0) is 32.5 Å². The molecule has 0 bridgehead atoms. The van der Waals surface area contributed by atoms with Crippen LogP contribution in [0.3, 0.4) is 0 Å². The third-order valence-corrected chi connectivity index (χ3v) is 10.2. The van der Waals surface area contributed by atoms with E-state index < -0.39 is 44.8 Å². The second-order valence-electron chi connectivity index (χ2n) is 11.9. The van der Waals surface area contributed by atoms with Crippen LogP contribution >= 0.6 is 0 Å². The van der Waals surface area contributed by atoms with Crippen molar-refractivity contribution in [3.63, 3.8) is 0 Å². The number of nitro benzene ring substituents is 1. The first-order valence-electron chi connectivity index (χ1n) is 15.3. The van der Waals surface area contributed by atoms with E-state index in [1.165, 1.54) is 55.6 Å². The number of fused-ring (bicyclic) bond motifs is 1. The van der Waals surface area contributed by atoms with Gasteiger partial charge in [-0.25, -0.2) is 12.7 Å². The minimum Gasteiger partial charge on any atom is -0.368 e. The Hall–Kier alpha value is -5.82. The molecule has 0 saturated carbocycles. The van der Waals surface area contributed by atoms with Gasteiger partial charge in [0.1, 0.15) is 12.1 Å². The number of H-pyrrole nitrogens is 1. The van der Waals surface area contributed by atoms with Crippen molar-refractivity contribution in [2.45, 2.75) is 43.7 Å². The molecule has 1 aromatic heterocycles. The lowest BCUT2D eigenvalue weighted by molar-refractivity contribution is -0.384. The molecule has 0 aliphatic rings. The topological polar surface area (TPSA) is 177 Å². The SMILES string of the molecule is Cc1cc(C)cc(C(=O)N(C)[C@@H](Cc2ccc([N+](=O)[O-])cc2)C(=O)N([C@@H](Cc2c[nH]c3ccccc23)C(N)=O)S(=O)(=O)c2ccccc2)c1. The zero-order valence-corrected chi connectivity index (χ0v) is 27.9. The summed E-state index contributed by atoms with van der Waals surface area (Å²) in [6.07, 6.45) is 1.14. The Labute approximate surface area is 283 Å². The van der Waals surface area contributed by atoms with Crippen LogP contribution in [0.1, 0.15) is 32.6 Å². The molecule has 0 unspecified atom stereocenters. The molecule has 0 spiro atoms. The fraction of sp³-hybridized carbons (Fsp3) is 0.194. The van der Waals surface area contributed by atoms with E-state index in [-0.39, 0.29) is 29.0 Å². The molecule has 0 aliphatic heterocycles. The molecule has 252 valence electrons. The molecule has 0 aliphatic carbocycles. The third kappa shape index (κ3) is 7.36. The van der Waals surface area contributed by atoms with Crippen molar-refractivity contribution in [2.75, 3.05) is 7.05 Å². The number of nitro groups is 1. The highest BCUT2D eigenvalue weighted by atomic mass is 32.2. The maximum atomic E-state index is 14.9. The third-order valence-electron chi connectivity index (χ3n) is 8.33. The molecule has 0 saturated heterocycles. The van der Waals surface area contributed by atoms with Crippen LogP contribution < -0.4 is 5.73 Å². The maximum Gasteiger partial charge on any atom is 0.269 e. The minimum atomic E-state index is -4.75. The van der Waals surface area contributed by atoms with Crippen LogP contribution in [-0.4, -0.2) is 64.4 Å². The van der Waals surface area contributed by atoms with Gasteiger partial charge in [-0.05, 0) is 55.3 Å². The number of amides is 3. The molecule has 13 heteroatoms. The summed E-state index contributed by atoms with van der Waals surface area (Å²) in [5, 5.41) is 12.0. The first-order chi connectivity index (χ1) is 23.3. The lowest BCUT2D eigenvalue weighted by atomic mass is 10.00. The molecule has 5 aromatic rings. The minimum absolute atomic E-state index is 0.188. The van der Waals surface area contributed by atoms with Gasteiger partial charge in [0.25, 0.3) is 27.5 Å². The fourth-order valence-corrected chi connectivity index (χ4v) is 7.51. The molecule has 3 amide bonds. The standard InChI is InChI=1S/C36H35N5O7S/c1-23-17-24(2)19-26(18-23)35(43)39(3)33(20-25-13-15-28(16-14-25)41(45)46)36(44)40(49(47,48)29-9-5-4-6-10-29)32(34(37)42)21-27-22-38-31-12-8-7-11-30(27)31/h4-19,22,32-33,38H,20-21H2,1-3H3,(H2,37,42)/t32-,33-/m0/s1. The Morgan fingerprint density at radius 1 is 0.857 bits per heavy atom. The van der Waals surface area contributed by atoms with Crippen LogP contribution in [0.25, 0.3) is 10.9 Å². The summed E-state index contributed by atoms with van der Waals surface area (Å²) >= 11 is 0. The Bertz CT molecular complexity index is 2130. The van der Waals surface area contributed by atoms with Gasteiger partial charge in [-0.2, -0.15) is 0 Å². The smallest absolute Gasteiger partial charge is 0.269 e. The zero-order valence-electron chi connectivity index (χ0n) is 27.1. The largest absolute Gasteiger partial charge is 0.368 e. The summed E-state index contributed by atoms with van der Waals surface area (Å²) in [4.78, 5) is 56.9. The highest BCUT2D eigenvalue weighted by Crippen LogP contribution is 2.27. The predicted octanol–water partition coefficient (Wildman–Crippen LogP) is 4.69. The fourth-order valence-electron chi connectivity index (χ4n) is 5.91. The summed E-state index contributed by atoms with van der Waals surface area (Å²) in [5.74, 6) is -2.72. The van der Waals surface area contributed by atoms with E-state index in [2.05, 4.69) is 4.98 Å². The maximum absolute atomic E-state index is 14.9. The van der Waals surface area contributed by atoms with E-state index in [1.54, 1.807) is 36.5 Å². The molecule has 12 nitrogen and oxygen atoms in total. The number of hydrogen-bond acceptors (Lipinski definition) is 7. The van der Waals surface area contributed by atoms with E-state index in [1.807, 2.05) is 32.0 Å². The first-order valence-corrected chi connectivity index (χ1v) is 16.8. The number of aryl methyl sites for hydroxylation is 2. The molecule has 0 fully saturated rings. The summed E-state index contributed by atoms with van der Waals surface area (Å²) in [6, 6.07) is 21.8. The van der Waals surface area contributed by atoms with Crippen molar-refractivity contribution in [3.05, 3.63) is 141 Å². The van der Waals surface area contributed by atoms with E-state index in [4.69, 9.17) is 5.73 Å².